The molecule has 1 aromatic carbocycles. The molecule has 0 aliphatic heterocycles. The molecule has 0 aliphatic rings. The van der Waals surface area contributed by atoms with Crippen LogP contribution in [-0.2, 0) is 10.2 Å². The molecule has 0 amide bonds. The number of rotatable bonds is 4. The molecule has 1 unspecified atom stereocenters. The number of benzene rings is 1. The predicted molar refractivity (Wildman–Crippen MR) is 73.6 cm³/mol. The van der Waals surface area contributed by atoms with Crippen LogP contribution in [0.15, 0.2) is 18.2 Å². The third kappa shape index (κ3) is 3.55. The van der Waals surface area contributed by atoms with Gasteiger partial charge in [-0.1, -0.05) is 39.0 Å². The summed E-state index contributed by atoms with van der Waals surface area (Å²) in [5.74, 6) is 0.294. The Morgan fingerprint density at radius 1 is 1.29 bits per heavy atom. The first-order valence-electron chi connectivity index (χ1n) is 6.20. The van der Waals surface area contributed by atoms with Gasteiger partial charge in [0.15, 0.2) is 0 Å². The zero-order chi connectivity index (χ0) is 13.1. The van der Waals surface area contributed by atoms with Crippen molar-refractivity contribution < 1.29 is 4.74 Å². The molecule has 1 aromatic rings. The van der Waals surface area contributed by atoms with E-state index in [1.807, 2.05) is 0 Å². The zero-order valence-corrected chi connectivity index (χ0v) is 11.7. The van der Waals surface area contributed by atoms with Crippen LogP contribution in [-0.4, -0.2) is 20.3 Å². The van der Waals surface area contributed by atoms with Crippen LogP contribution >= 0.6 is 0 Å². The van der Waals surface area contributed by atoms with Crippen LogP contribution in [0.3, 0.4) is 0 Å². The standard InChI is InChI=1S/C15H25NO/c1-11-6-7-13(15(2,3)4)8-14(11)12(9-16)10-17-5/h6-8,12H,9-10,16H2,1-5H3. The second-order valence-electron chi connectivity index (χ2n) is 5.71. The maximum absolute atomic E-state index is 5.84. The van der Waals surface area contributed by atoms with Crippen molar-refractivity contribution >= 4 is 0 Å². The van der Waals surface area contributed by atoms with Gasteiger partial charge in [0.05, 0.1) is 6.61 Å². The molecule has 2 nitrogen and oxygen atoms in total. The maximum Gasteiger partial charge on any atom is 0.0543 e. The van der Waals surface area contributed by atoms with Crippen LogP contribution in [0.1, 0.15) is 43.4 Å². The monoisotopic (exact) mass is 235 g/mol. The van der Waals surface area contributed by atoms with Gasteiger partial charge in [-0.15, -0.1) is 0 Å². The second kappa shape index (κ2) is 5.65. The number of nitrogens with two attached hydrogens (primary N) is 1. The first kappa shape index (κ1) is 14.2. The van der Waals surface area contributed by atoms with Crippen LogP contribution in [0, 0.1) is 6.92 Å². The van der Waals surface area contributed by atoms with Gasteiger partial charge in [-0.05, 0) is 29.0 Å². The van der Waals surface area contributed by atoms with Gasteiger partial charge < -0.3 is 10.5 Å². The predicted octanol–water partition coefficient (Wildman–Crippen LogP) is 2.98. The highest BCUT2D eigenvalue weighted by molar-refractivity contribution is 5.37. The normalized spacial score (nSPS) is 13.8. The molecule has 1 rings (SSSR count). The van der Waals surface area contributed by atoms with Gasteiger partial charge in [0.2, 0.25) is 0 Å². The lowest BCUT2D eigenvalue weighted by atomic mass is 9.83. The third-order valence-electron chi connectivity index (χ3n) is 3.24. The highest BCUT2D eigenvalue weighted by atomic mass is 16.5. The fraction of sp³-hybridized carbons (Fsp3) is 0.600. The van der Waals surface area contributed by atoms with Crippen molar-refractivity contribution in [2.75, 3.05) is 20.3 Å². The van der Waals surface area contributed by atoms with Crippen molar-refractivity contribution in [1.29, 1.82) is 0 Å². The Balaban J connectivity index is 3.13. The Kier molecular flexibility index (Phi) is 4.72. The summed E-state index contributed by atoms with van der Waals surface area (Å²) in [6.07, 6.45) is 0. The SMILES string of the molecule is COCC(CN)c1cc(C(C)(C)C)ccc1C. The van der Waals surface area contributed by atoms with Crippen LogP contribution in [0.2, 0.25) is 0 Å². The van der Waals surface area contributed by atoms with Gasteiger partial charge in [-0.25, -0.2) is 0 Å². The van der Waals surface area contributed by atoms with Crippen molar-refractivity contribution in [1.82, 2.24) is 0 Å². The molecule has 0 saturated carbocycles. The molecule has 0 radical (unpaired) electrons. The Labute approximate surface area is 105 Å². The van der Waals surface area contributed by atoms with Gasteiger partial charge in [0.1, 0.15) is 0 Å². The first-order chi connectivity index (χ1) is 7.90. The van der Waals surface area contributed by atoms with Crippen LogP contribution in [0.25, 0.3) is 0 Å². The summed E-state index contributed by atoms with van der Waals surface area (Å²) < 4.78 is 5.25. The van der Waals surface area contributed by atoms with Gasteiger partial charge in [-0.2, -0.15) is 0 Å². The summed E-state index contributed by atoms with van der Waals surface area (Å²) in [5.41, 5.74) is 9.99. The summed E-state index contributed by atoms with van der Waals surface area (Å²) in [5, 5.41) is 0. The Hall–Kier alpha value is -0.860. The van der Waals surface area contributed by atoms with Crippen molar-refractivity contribution in [2.45, 2.75) is 39.0 Å². The minimum atomic E-state index is 0.175. The van der Waals surface area contributed by atoms with Gasteiger partial charge >= 0.3 is 0 Å². The lowest BCUT2D eigenvalue weighted by molar-refractivity contribution is 0.181. The summed E-state index contributed by atoms with van der Waals surface area (Å²) in [6.45, 7) is 10.1. The third-order valence-corrected chi connectivity index (χ3v) is 3.24. The summed E-state index contributed by atoms with van der Waals surface area (Å²) in [7, 11) is 1.73. The molecular weight excluding hydrogens is 210 g/mol. The minimum Gasteiger partial charge on any atom is -0.384 e. The first-order valence-corrected chi connectivity index (χ1v) is 6.20. The van der Waals surface area contributed by atoms with Crippen molar-refractivity contribution in [3.05, 3.63) is 34.9 Å². The molecule has 0 bridgehead atoms. The summed E-state index contributed by atoms with van der Waals surface area (Å²) >= 11 is 0. The number of hydrogen-bond donors (Lipinski definition) is 1. The average Bonchev–Trinajstić information content (AvgIpc) is 2.25. The molecule has 0 aliphatic carbocycles. The van der Waals surface area contributed by atoms with Gasteiger partial charge in [0.25, 0.3) is 0 Å². The molecule has 2 heteroatoms. The maximum atomic E-state index is 5.84. The number of ether oxygens (including phenoxy) is 1. The number of methoxy groups -OCH3 is 1. The topological polar surface area (TPSA) is 35.2 Å². The average molecular weight is 235 g/mol. The Morgan fingerprint density at radius 2 is 1.94 bits per heavy atom. The Bertz CT molecular complexity index is 366. The Morgan fingerprint density at radius 3 is 2.41 bits per heavy atom. The molecule has 0 fully saturated rings. The van der Waals surface area contributed by atoms with Crippen LogP contribution in [0.5, 0.6) is 0 Å². The molecule has 2 N–H and O–H groups in total. The van der Waals surface area contributed by atoms with E-state index in [1.165, 1.54) is 16.7 Å². The van der Waals surface area contributed by atoms with Gasteiger partial charge in [0, 0.05) is 19.6 Å². The van der Waals surface area contributed by atoms with E-state index in [0.29, 0.717) is 19.1 Å². The van der Waals surface area contributed by atoms with Crippen LogP contribution < -0.4 is 5.73 Å². The highest BCUT2D eigenvalue weighted by Gasteiger charge is 2.18. The molecule has 0 spiro atoms. The van der Waals surface area contributed by atoms with E-state index in [-0.39, 0.29) is 5.41 Å². The van der Waals surface area contributed by atoms with Crippen molar-refractivity contribution in [2.24, 2.45) is 5.73 Å². The quantitative estimate of drug-likeness (QED) is 0.870. The molecular formula is C15H25NO. The highest BCUT2D eigenvalue weighted by Crippen LogP contribution is 2.28. The van der Waals surface area contributed by atoms with E-state index >= 15 is 0 Å². The van der Waals surface area contributed by atoms with E-state index in [0.717, 1.165) is 0 Å². The molecule has 1 atom stereocenters. The molecule has 0 heterocycles. The fourth-order valence-corrected chi connectivity index (χ4v) is 2.03. The largest absolute Gasteiger partial charge is 0.384 e. The van der Waals surface area contributed by atoms with Crippen LogP contribution in [0.4, 0.5) is 0 Å². The lowest BCUT2D eigenvalue weighted by Gasteiger charge is -2.23. The summed E-state index contributed by atoms with van der Waals surface area (Å²) in [4.78, 5) is 0. The molecule has 0 aromatic heterocycles. The van der Waals surface area contributed by atoms with Crippen molar-refractivity contribution in [3.8, 4) is 0 Å². The van der Waals surface area contributed by atoms with E-state index in [9.17, 15) is 0 Å². The number of hydrogen-bond acceptors (Lipinski definition) is 2. The lowest BCUT2D eigenvalue weighted by Crippen LogP contribution is -2.20. The van der Waals surface area contributed by atoms with E-state index in [1.54, 1.807) is 7.11 Å². The van der Waals surface area contributed by atoms with E-state index in [2.05, 4.69) is 45.9 Å². The van der Waals surface area contributed by atoms with E-state index < -0.39 is 0 Å². The zero-order valence-electron chi connectivity index (χ0n) is 11.7. The minimum absolute atomic E-state index is 0.175. The summed E-state index contributed by atoms with van der Waals surface area (Å²) in [6, 6.07) is 6.68. The molecule has 96 valence electrons. The van der Waals surface area contributed by atoms with Crippen molar-refractivity contribution in [3.63, 3.8) is 0 Å². The molecule has 17 heavy (non-hydrogen) atoms. The van der Waals surface area contributed by atoms with Gasteiger partial charge in [-0.3, -0.25) is 0 Å². The van der Waals surface area contributed by atoms with E-state index in [4.69, 9.17) is 10.5 Å². The number of aryl methyl sites for hydroxylation is 1. The fourth-order valence-electron chi connectivity index (χ4n) is 2.03. The second-order valence-corrected chi connectivity index (χ2v) is 5.71. The smallest absolute Gasteiger partial charge is 0.0543 e. The molecule has 0 saturated heterocycles.